The van der Waals surface area contributed by atoms with Gasteiger partial charge in [0.15, 0.2) is 41.3 Å². The van der Waals surface area contributed by atoms with E-state index in [0.717, 1.165) is 40.7 Å². The summed E-state index contributed by atoms with van der Waals surface area (Å²) in [5.74, 6) is -10.5. The fraction of sp³-hybridized carbons (Fsp3) is 0.392. The average Bonchev–Trinajstić information content (AvgIpc) is 0.796. The summed E-state index contributed by atoms with van der Waals surface area (Å²) in [6.07, 6.45) is 3.41. The third kappa shape index (κ3) is 30.0. The van der Waals surface area contributed by atoms with E-state index in [0.29, 0.717) is 81.2 Å². The molecule has 0 fully saturated rings. The highest BCUT2D eigenvalue weighted by Crippen LogP contribution is 2.43. The van der Waals surface area contributed by atoms with Crippen molar-refractivity contribution in [3.63, 3.8) is 0 Å². The minimum Gasteiger partial charge on any atom is -0.507 e. The molecule has 8 aromatic rings. The number of amides is 6. The Morgan fingerprint density at radius 2 is 0.924 bits per heavy atom. The maximum Gasteiger partial charge on any atom is 0.341 e. The lowest BCUT2D eigenvalue weighted by molar-refractivity contribution is -0.151. The highest BCUT2D eigenvalue weighted by molar-refractivity contribution is 9.09. The Kier molecular flexibility index (Phi) is 38.8. The minimum atomic E-state index is -1.34. The molecule has 29 heteroatoms. The molecule has 2 heterocycles. The first-order valence-corrected chi connectivity index (χ1v) is 45.7. The molecule has 131 heavy (non-hydrogen) atoms. The Hall–Kier alpha value is -12.0. The molecule has 8 bridgehead atoms. The summed E-state index contributed by atoms with van der Waals surface area (Å²) in [6.45, 7) is 17.9. The van der Waals surface area contributed by atoms with Crippen LogP contribution in [0.2, 0.25) is 10.0 Å². The van der Waals surface area contributed by atoms with Crippen LogP contribution in [0.3, 0.4) is 0 Å². The monoisotopic (exact) mass is 1890 g/mol. The molecule has 10 atom stereocenters. The van der Waals surface area contributed by atoms with Gasteiger partial charge < -0.3 is 61.6 Å². The summed E-state index contributed by atoms with van der Waals surface area (Å²) in [6, 6.07) is 41.8. The van der Waals surface area contributed by atoms with Crippen LogP contribution in [0.15, 0.2) is 170 Å². The Morgan fingerprint density at radius 3 is 1.32 bits per heavy atom. The number of nitrogens with two attached hydrogens (primary N) is 1. The number of unbranched alkanes of at least 4 members (excludes halogenated alkanes) is 3. The summed E-state index contributed by atoms with van der Waals surface area (Å²) >= 11 is 15.1. The number of Topliss-reactive ketones (excluding diaryl/α,β-unsaturated/α-hetero) is 6. The molecule has 0 aliphatic carbocycles. The van der Waals surface area contributed by atoms with Crippen molar-refractivity contribution < 1.29 is 91.9 Å². The number of alkyl halides is 1. The molecule has 0 unspecified atom stereocenters. The molecule has 8 aromatic carbocycles. The SMILES string of the molecule is CC(=O)[C@H](C)NC(=O)[C@@H]1Cc2ccc(O)c(c2)-c2cc(ccc2OCC(=O)O)[C@H](N(C)C(=O)[C@H](CCCCN)CC(=O)c2ccc(-c3ccc(Cl)cc3)cc2)C(=O)C[C@@H](C)C(=O)N1.CC(C)(C)OC(=O)CBr.CCCCC[C@H](CC(=O)c1ccc(-c2ccc(Cl)cc2)cc1)C(=O)N(C)[C@@H]1C(=O)C[C@@H](C)C(=O)N[C@H](C(=O)N[C@@H](C)C(C)=O)Cc2ccc(C)c(c2)-c2cc1ccc2O. The Bertz CT molecular complexity index is 5470. The largest absolute Gasteiger partial charge is 0.507 e. The number of benzene rings is 8. The van der Waals surface area contributed by atoms with E-state index in [-0.39, 0.29) is 125 Å². The van der Waals surface area contributed by atoms with Crippen molar-refractivity contribution >= 4 is 121 Å². The van der Waals surface area contributed by atoms with Gasteiger partial charge in [0, 0.05) is 114 Å². The second-order valence-corrected chi connectivity index (χ2v) is 36.0. The van der Waals surface area contributed by atoms with Crippen LogP contribution in [-0.2, 0) is 75.1 Å². The van der Waals surface area contributed by atoms with E-state index in [4.69, 9.17) is 38.4 Å². The van der Waals surface area contributed by atoms with Gasteiger partial charge in [0.2, 0.25) is 35.4 Å². The molecular weight excluding hydrogens is 1780 g/mol. The van der Waals surface area contributed by atoms with E-state index in [2.05, 4.69) is 44.1 Å². The number of esters is 1. The van der Waals surface area contributed by atoms with Gasteiger partial charge in [-0.2, -0.15) is 0 Å². The van der Waals surface area contributed by atoms with Crippen molar-refractivity contribution in [2.24, 2.45) is 29.4 Å². The third-order valence-electron chi connectivity index (χ3n) is 23.0. The number of phenols is 2. The van der Waals surface area contributed by atoms with Gasteiger partial charge in [-0.15, -0.1) is 0 Å². The zero-order valence-electron chi connectivity index (χ0n) is 76.2. The van der Waals surface area contributed by atoms with Crippen molar-refractivity contribution in [2.45, 2.75) is 201 Å². The molecule has 9 N–H and O–H groups in total. The zero-order chi connectivity index (χ0) is 96.4. The molecule has 0 radical (unpaired) electrons. The van der Waals surface area contributed by atoms with Crippen LogP contribution in [0.1, 0.15) is 200 Å². The van der Waals surface area contributed by atoms with Gasteiger partial charge in [0.1, 0.15) is 52.3 Å². The van der Waals surface area contributed by atoms with Gasteiger partial charge in [-0.25, -0.2) is 4.79 Å². The van der Waals surface area contributed by atoms with Crippen molar-refractivity contribution in [2.75, 3.05) is 32.6 Å². The number of aryl methyl sites for hydroxylation is 1. The maximum atomic E-state index is 14.7. The number of nitrogens with zero attached hydrogens (tertiary/aromatic N) is 2. The second-order valence-electron chi connectivity index (χ2n) is 34.6. The average molecular weight is 1900 g/mol. The summed E-state index contributed by atoms with van der Waals surface area (Å²) in [4.78, 5) is 190. The number of carboxylic acid groups (broad SMARTS) is 1. The number of halogens is 3. The van der Waals surface area contributed by atoms with E-state index in [1.165, 1.54) is 74.9 Å². The van der Waals surface area contributed by atoms with Crippen LogP contribution in [0.25, 0.3) is 44.5 Å². The minimum absolute atomic E-state index is 0.0412. The first-order valence-electron chi connectivity index (χ1n) is 43.8. The number of rotatable bonds is 30. The molecule has 2 aliphatic rings. The normalized spacial score (nSPS) is 17.1. The zero-order valence-corrected chi connectivity index (χ0v) is 79.3. The highest BCUT2D eigenvalue weighted by atomic mass is 79.9. The number of aromatic hydroxyl groups is 2. The molecule has 696 valence electrons. The maximum absolute atomic E-state index is 14.7. The van der Waals surface area contributed by atoms with Crippen LogP contribution < -0.4 is 31.7 Å². The second kappa shape index (κ2) is 48.7. The molecule has 26 nitrogen and oxygen atoms in total. The Morgan fingerprint density at radius 1 is 0.534 bits per heavy atom. The number of phenolic OH excluding ortho intramolecular Hbond substituents is 2. The van der Waals surface area contributed by atoms with Gasteiger partial charge in [-0.1, -0.05) is 195 Å². The van der Waals surface area contributed by atoms with Crippen LogP contribution >= 0.6 is 39.1 Å². The van der Waals surface area contributed by atoms with Gasteiger partial charge in [0.25, 0.3) is 0 Å². The smallest absolute Gasteiger partial charge is 0.341 e. The number of carbonyl (C=O) groups excluding carboxylic acids is 13. The molecule has 0 saturated carbocycles. The van der Waals surface area contributed by atoms with E-state index >= 15 is 0 Å². The summed E-state index contributed by atoms with van der Waals surface area (Å²) in [5, 5.41) is 44.3. The number of carboxylic acids is 1. The fourth-order valence-corrected chi connectivity index (χ4v) is 15.8. The number of hydrogen-bond acceptors (Lipinski definition) is 19. The number of carbonyl (C=O) groups is 14. The van der Waals surface area contributed by atoms with Gasteiger partial charge >= 0.3 is 11.9 Å². The topological polar surface area (TPSA) is 399 Å². The first-order chi connectivity index (χ1) is 62.0. The lowest BCUT2D eigenvalue weighted by atomic mass is 9.87. The molecule has 0 spiro atoms. The standard InChI is InChI=1S/C48H53ClN4O10.C48H54ClN3O7.C6H11BrO2/c1-27-21-42(57)45(53(4)48(62)35(7-5-6-20-50)25-41(56)33-11-9-31(10-12-33)32-13-16-36(49)17-14-32)34-15-19-43(63-26-44(58)59)38(24-34)37-22-30(8-18-40(37)55)23-39(52-46(27)60)47(61)51-28(2)29(3)54;1-7-8-9-10-37(27-43(55)35-15-13-33(14-16-35)34-17-20-38(49)21-18-34)48(59)52(6)45-36-19-22-42(54)40(26-36)39-24-32(12-11-28(39)2)25-41(47(58)50-30(4)31(5)53)51-46(57)29(3)23-44(45)56;1-6(2,3)9-5(8)4-7/h8-19,22,24,27-28,35,39,45,55H,5-7,20-21,23,25-26,50H2,1-4H3,(H,51,61)(H,52,60)(H,58,59);11-22,24,26,29-30,37,41,45,54H,7-10,23,25,27H2,1-6H3,(H,50,58)(H,51,57);4H2,1-3H3/t27-,28+,35-,39+,45+;29-,30+,37-,41+,45+;/m11./s1. The van der Waals surface area contributed by atoms with Gasteiger partial charge in [-0.05, 0) is 197 Å². The molecule has 0 aromatic heterocycles. The Balaban J connectivity index is 0.000000295. The van der Waals surface area contributed by atoms with Crippen molar-refractivity contribution in [1.82, 2.24) is 31.1 Å². The number of nitrogens with one attached hydrogen (secondary N) is 4. The number of ether oxygens (including phenoxy) is 2. The van der Waals surface area contributed by atoms with Crippen LogP contribution in [-0.4, -0.2) is 170 Å². The summed E-state index contributed by atoms with van der Waals surface area (Å²) < 4.78 is 10.6. The summed E-state index contributed by atoms with van der Waals surface area (Å²) in [5.41, 5.74) is 14.0. The first kappa shape index (κ1) is 104. The predicted molar refractivity (Wildman–Crippen MR) is 507 cm³/mol. The summed E-state index contributed by atoms with van der Waals surface area (Å²) in [7, 11) is 3.00. The fourth-order valence-electron chi connectivity index (χ4n) is 15.4. The lowest BCUT2D eigenvalue weighted by Gasteiger charge is -2.32. The Labute approximate surface area is 783 Å². The van der Waals surface area contributed by atoms with E-state index in [1.807, 2.05) is 94.4 Å². The number of hydrogen-bond donors (Lipinski definition) is 8. The number of ketones is 6. The van der Waals surface area contributed by atoms with Crippen LogP contribution in [0.4, 0.5) is 0 Å². The number of fused-ring (bicyclic) bond motifs is 10. The van der Waals surface area contributed by atoms with Gasteiger partial charge in [0.05, 0.1) is 12.1 Å². The van der Waals surface area contributed by atoms with E-state index < -0.39 is 114 Å². The van der Waals surface area contributed by atoms with Crippen LogP contribution in [0.5, 0.6) is 17.2 Å². The number of aliphatic carboxylic acids is 1. The van der Waals surface area contributed by atoms with Crippen molar-refractivity contribution in [1.29, 1.82) is 0 Å². The quantitative estimate of drug-likeness (QED) is 0.00897. The molecule has 2 aliphatic heterocycles. The molecular formula is C102H118BrCl2N7O19. The predicted octanol–water partition coefficient (Wildman–Crippen LogP) is 16.2. The van der Waals surface area contributed by atoms with Gasteiger partial charge in [-0.3, -0.25) is 62.3 Å². The van der Waals surface area contributed by atoms with Crippen molar-refractivity contribution in [3.05, 3.63) is 219 Å². The lowest BCUT2D eigenvalue weighted by Crippen LogP contribution is -2.52. The molecule has 0 saturated heterocycles. The van der Waals surface area contributed by atoms with E-state index in [9.17, 15) is 82.4 Å². The molecule has 10 rings (SSSR count). The molecule has 6 amide bonds. The number of likely N-dealkylation sites (N-methyl/N-ethyl adjacent to an activating group) is 2. The van der Waals surface area contributed by atoms with Crippen molar-refractivity contribution in [3.8, 4) is 61.8 Å². The highest BCUT2D eigenvalue weighted by Gasteiger charge is 2.40. The van der Waals surface area contributed by atoms with Crippen LogP contribution in [0, 0.1) is 30.6 Å². The third-order valence-corrected chi connectivity index (χ3v) is 24.0. The van der Waals surface area contributed by atoms with E-state index in [1.54, 1.807) is 93.7 Å².